The van der Waals surface area contributed by atoms with E-state index in [4.69, 9.17) is 8.56 Å². The van der Waals surface area contributed by atoms with Gasteiger partial charge in [-0.2, -0.15) is 0 Å². The Hall–Kier alpha value is -0.661. The minimum atomic E-state index is 0.314. The summed E-state index contributed by atoms with van der Waals surface area (Å²) < 4.78 is 10.5. The molecule has 1 heterocycles. The Kier molecular flexibility index (Phi) is 1.76. The number of rotatable bonds is 1. The molecule has 0 saturated heterocycles. The van der Waals surface area contributed by atoms with Crippen molar-refractivity contribution in [2.45, 2.75) is 5.32 Å². The molecule has 0 radical (unpaired) electrons. The summed E-state index contributed by atoms with van der Waals surface area (Å²) in [6.45, 7) is 0. The van der Waals surface area contributed by atoms with Gasteiger partial charge in [0, 0.05) is 0 Å². The standard InChI is InChI=1S/C8H8O2Se/c1-9-7-2-3-8-6(4-7)5-11-10-8/h2-4H,5H2,1H3. The van der Waals surface area contributed by atoms with Crippen LogP contribution >= 0.6 is 0 Å². The SMILES string of the molecule is COc1ccc2c(c1)C[Se]O2. The van der Waals surface area contributed by atoms with Crippen molar-refractivity contribution >= 4 is 15.3 Å². The van der Waals surface area contributed by atoms with Crippen molar-refractivity contribution in [1.82, 2.24) is 0 Å². The summed E-state index contributed by atoms with van der Waals surface area (Å²) in [4.78, 5) is 0. The van der Waals surface area contributed by atoms with Gasteiger partial charge >= 0.3 is 71.5 Å². The average Bonchev–Trinajstić information content (AvgIpc) is 2.50. The molecule has 11 heavy (non-hydrogen) atoms. The van der Waals surface area contributed by atoms with Crippen LogP contribution in [0.25, 0.3) is 0 Å². The maximum absolute atomic E-state index is 5.40. The zero-order valence-electron chi connectivity index (χ0n) is 6.16. The number of hydrogen-bond acceptors (Lipinski definition) is 2. The molecule has 2 nitrogen and oxygen atoms in total. The van der Waals surface area contributed by atoms with Gasteiger partial charge in [-0.15, -0.1) is 0 Å². The minimum absolute atomic E-state index is 0.314. The van der Waals surface area contributed by atoms with Gasteiger partial charge in [0.05, 0.1) is 0 Å². The van der Waals surface area contributed by atoms with Gasteiger partial charge in [-0.05, 0) is 0 Å². The van der Waals surface area contributed by atoms with Crippen LogP contribution in [0.15, 0.2) is 18.2 Å². The molecule has 1 aliphatic rings. The summed E-state index contributed by atoms with van der Waals surface area (Å²) in [6.07, 6.45) is 0. The first-order valence-electron chi connectivity index (χ1n) is 3.36. The van der Waals surface area contributed by atoms with Crippen LogP contribution in [0, 0.1) is 0 Å². The second-order valence-corrected chi connectivity index (χ2v) is 3.77. The topological polar surface area (TPSA) is 18.5 Å². The molecule has 0 unspecified atom stereocenters. The molecule has 0 fully saturated rings. The molecule has 0 aromatic heterocycles. The number of ether oxygens (including phenoxy) is 1. The summed E-state index contributed by atoms with van der Waals surface area (Å²) in [5.41, 5.74) is 1.28. The molecule has 1 aromatic carbocycles. The molecule has 1 aromatic rings. The van der Waals surface area contributed by atoms with Crippen LogP contribution in [-0.4, -0.2) is 22.4 Å². The Morgan fingerprint density at radius 2 is 2.45 bits per heavy atom. The molecule has 0 N–H and O–H groups in total. The van der Waals surface area contributed by atoms with E-state index < -0.39 is 0 Å². The van der Waals surface area contributed by atoms with E-state index in [2.05, 4.69) is 0 Å². The predicted octanol–water partition coefficient (Wildman–Crippen LogP) is 1.21. The first-order valence-corrected chi connectivity index (χ1v) is 5.27. The van der Waals surface area contributed by atoms with E-state index in [0.717, 1.165) is 16.8 Å². The van der Waals surface area contributed by atoms with Crippen LogP contribution in [0.3, 0.4) is 0 Å². The van der Waals surface area contributed by atoms with E-state index in [-0.39, 0.29) is 0 Å². The predicted molar refractivity (Wildman–Crippen MR) is 43.1 cm³/mol. The molecule has 2 rings (SSSR count). The summed E-state index contributed by atoms with van der Waals surface area (Å²) in [6, 6.07) is 5.95. The molecular weight excluding hydrogens is 207 g/mol. The van der Waals surface area contributed by atoms with Crippen molar-refractivity contribution in [3.8, 4) is 11.5 Å². The van der Waals surface area contributed by atoms with Gasteiger partial charge in [-0.25, -0.2) is 0 Å². The monoisotopic (exact) mass is 216 g/mol. The van der Waals surface area contributed by atoms with Gasteiger partial charge in [0.1, 0.15) is 0 Å². The number of hydrogen-bond donors (Lipinski definition) is 0. The van der Waals surface area contributed by atoms with Crippen molar-refractivity contribution < 1.29 is 8.56 Å². The zero-order chi connectivity index (χ0) is 7.68. The van der Waals surface area contributed by atoms with Crippen LogP contribution < -0.4 is 8.56 Å². The Bertz CT molecular complexity index is 273. The van der Waals surface area contributed by atoms with Crippen molar-refractivity contribution in [1.29, 1.82) is 0 Å². The third-order valence-electron chi connectivity index (χ3n) is 1.63. The second kappa shape index (κ2) is 2.76. The van der Waals surface area contributed by atoms with E-state index >= 15 is 0 Å². The molecule has 0 spiro atoms. The fraction of sp³-hybridized carbons (Fsp3) is 0.250. The van der Waals surface area contributed by atoms with E-state index in [1.807, 2.05) is 18.2 Å². The fourth-order valence-electron chi connectivity index (χ4n) is 1.03. The average molecular weight is 215 g/mol. The molecule has 0 amide bonds. The third kappa shape index (κ3) is 1.22. The first-order chi connectivity index (χ1) is 5.40. The number of fused-ring (bicyclic) bond motifs is 1. The van der Waals surface area contributed by atoms with Crippen molar-refractivity contribution in [2.75, 3.05) is 7.11 Å². The van der Waals surface area contributed by atoms with Crippen molar-refractivity contribution in [2.24, 2.45) is 0 Å². The number of benzene rings is 1. The Morgan fingerprint density at radius 1 is 1.55 bits per heavy atom. The van der Waals surface area contributed by atoms with Gasteiger partial charge in [-0.1, -0.05) is 0 Å². The van der Waals surface area contributed by atoms with E-state index in [1.54, 1.807) is 7.11 Å². The summed E-state index contributed by atoms with van der Waals surface area (Å²) >= 11 is 0.314. The van der Waals surface area contributed by atoms with Crippen LogP contribution in [0.2, 0.25) is 0 Å². The molecule has 0 atom stereocenters. The van der Waals surface area contributed by atoms with Gasteiger partial charge in [0.25, 0.3) is 0 Å². The van der Waals surface area contributed by atoms with Crippen LogP contribution in [-0.2, 0) is 5.32 Å². The molecule has 58 valence electrons. The summed E-state index contributed by atoms with van der Waals surface area (Å²) in [5.74, 6) is 1.95. The van der Waals surface area contributed by atoms with E-state index in [1.165, 1.54) is 5.56 Å². The summed E-state index contributed by atoms with van der Waals surface area (Å²) in [7, 11) is 1.68. The first kappa shape index (κ1) is 7.01. The van der Waals surface area contributed by atoms with Crippen LogP contribution in [0.4, 0.5) is 0 Å². The van der Waals surface area contributed by atoms with E-state index in [9.17, 15) is 0 Å². The quantitative estimate of drug-likeness (QED) is 0.655. The van der Waals surface area contributed by atoms with E-state index in [0.29, 0.717) is 15.3 Å². The van der Waals surface area contributed by atoms with Crippen LogP contribution in [0.5, 0.6) is 11.5 Å². The van der Waals surface area contributed by atoms with Crippen LogP contribution in [0.1, 0.15) is 5.56 Å². The third-order valence-corrected chi connectivity index (χ3v) is 3.15. The Labute approximate surface area is 72.0 Å². The van der Waals surface area contributed by atoms with Gasteiger partial charge in [0.2, 0.25) is 0 Å². The Morgan fingerprint density at radius 3 is 3.27 bits per heavy atom. The zero-order valence-corrected chi connectivity index (χ0v) is 7.88. The number of methoxy groups -OCH3 is 1. The van der Waals surface area contributed by atoms with Gasteiger partial charge in [-0.3, -0.25) is 0 Å². The maximum atomic E-state index is 5.40. The molecule has 0 bridgehead atoms. The molecule has 0 aliphatic carbocycles. The molecule has 1 aliphatic heterocycles. The summed E-state index contributed by atoms with van der Waals surface area (Å²) in [5, 5.41) is 1.07. The fourth-order valence-corrected chi connectivity index (χ4v) is 2.50. The van der Waals surface area contributed by atoms with Crippen molar-refractivity contribution in [3.63, 3.8) is 0 Å². The normalized spacial score (nSPS) is 13.9. The van der Waals surface area contributed by atoms with Gasteiger partial charge < -0.3 is 0 Å². The Balaban J connectivity index is 2.41. The van der Waals surface area contributed by atoms with Gasteiger partial charge in [0.15, 0.2) is 0 Å². The molecule has 0 saturated carbocycles. The second-order valence-electron chi connectivity index (χ2n) is 2.32. The van der Waals surface area contributed by atoms with Crippen molar-refractivity contribution in [3.05, 3.63) is 23.8 Å². The molecular formula is C8H8O2Se. The molecule has 3 heteroatoms.